The lowest BCUT2D eigenvalue weighted by Crippen LogP contribution is -2.56. The molecule has 1 unspecified atom stereocenters. The first-order valence-electron chi connectivity index (χ1n) is 7.60. The minimum Gasteiger partial charge on any atom is -0.361 e. The van der Waals surface area contributed by atoms with Gasteiger partial charge in [0, 0.05) is 31.2 Å². The van der Waals surface area contributed by atoms with Crippen LogP contribution in [0, 0.1) is 13.8 Å². The Morgan fingerprint density at radius 2 is 2.14 bits per heavy atom. The first kappa shape index (κ1) is 16.3. The van der Waals surface area contributed by atoms with Gasteiger partial charge in [-0.3, -0.25) is 9.59 Å². The molecule has 1 aromatic heterocycles. The Labute approximate surface area is 130 Å². The van der Waals surface area contributed by atoms with E-state index in [9.17, 15) is 9.59 Å². The van der Waals surface area contributed by atoms with E-state index in [4.69, 9.17) is 4.52 Å². The Kier molecular flexibility index (Phi) is 5.00. The third-order valence-electron chi connectivity index (χ3n) is 4.27. The second-order valence-electron chi connectivity index (χ2n) is 5.62. The molecule has 1 aromatic rings. The number of aryl methyl sites for hydroxylation is 2. The van der Waals surface area contributed by atoms with Crippen molar-refractivity contribution in [1.29, 1.82) is 0 Å². The number of hydrogen-bond acceptors (Lipinski definition) is 4. The van der Waals surface area contributed by atoms with Crippen LogP contribution in [-0.2, 0) is 16.0 Å². The van der Waals surface area contributed by atoms with Gasteiger partial charge in [-0.2, -0.15) is 0 Å². The molecule has 0 radical (unpaired) electrons. The maximum atomic E-state index is 12.6. The lowest BCUT2D eigenvalue weighted by atomic mass is 10.1. The standard InChI is InChI=1S/C16H23N3O3/c1-5-13-10-18(15(20)6-2)7-8-19(13)16(21)9-14-11(3)17-22-12(14)4/h6,13H,2,5,7-10H2,1,3-4H3. The molecule has 1 aliphatic rings. The van der Waals surface area contributed by atoms with E-state index in [1.807, 2.05) is 25.7 Å². The molecule has 6 nitrogen and oxygen atoms in total. The molecule has 22 heavy (non-hydrogen) atoms. The molecule has 2 heterocycles. The summed E-state index contributed by atoms with van der Waals surface area (Å²) < 4.78 is 5.12. The topological polar surface area (TPSA) is 66.7 Å². The van der Waals surface area contributed by atoms with Crippen LogP contribution in [0.2, 0.25) is 0 Å². The van der Waals surface area contributed by atoms with E-state index in [1.165, 1.54) is 6.08 Å². The molecule has 2 rings (SSSR count). The summed E-state index contributed by atoms with van der Waals surface area (Å²) in [5.74, 6) is 0.683. The lowest BCUT2D eigenvalue weighted by molar-refractivity contribution is -0.140. The van der Waals surface area contributed by atoms with Crippen molar-refractivity contribution in [3.63, 3.8) is 0 Å². The van der Waals surface area contributed by atoms with Gasteiger partial charge in [-0.1, -0.05) is 18.7 Å². The smallest absolute Gasteiger partial charge is 0.246 e. The predicted molar refractivity (Wildman–Crippen MR) is 82.3 cm³/mol. The summed E-state index contributed by atoms with van der Waals surface area (Å²) >= 11 is 0. The van der Waals surface area contributed by atoms with E-state index in [1.54, 1.807) is 4.90 Å². The molecule has 1 aliphatic heterocycles. The Morgan fingerprint density at radius 3 is 2.68 bits per heavy atom. The van der Waals surface area contributed by atoms with Gasteiger partial charge in [-0.25, -0.2) is 0 Å². The first-order chi connectivity index (χ1) is 10.5. The molecule has 0 saturated carbocycles. The van der Waals surface area contributed by atoms with Gasteiger partial charge in [0.1, 0.15) is 5.76 Å². The Bertz CT molecular complexity index is 560. The van der Waals surface area contributed by atoms with Crippen molar-refractivity contribution in [3.8, 4) is 0 Å². The van der Waals surface area contributed by atoms with Gasteiger partial charge < -0.3 is 14.3 Å². The molecule has 1 atom stereocenters. The fourth-order valence-electron chi connectivity index (χ4n) is 2.87. The minimum atomic E-state index is -0.0729. The maximum Gasteiger partial charge on any atom is 0.246 e. The van der Waals surface area contributed by atoms with Crippen LogP contribution in [0.15, 0.2) is 17.2 Å². The van der Waals surface area contributed by atoms with Crippen molar-refractivity contribution in [1.82, 2.24) is 15.0 Å². The SMILES string of the molecule is C=CC(=O)N1CCN(C(=O)Cc2c(C)noc2C)C(CC)C1. The largest absolute Gasteiger partial charge is 0.361 e. The van der Waals surface area contributed by atoms with E-state index in [2.05, 4.69) is 11.7 Å². The first-order valence-corrected chi connectivity index (χ1v) is 7.60. The van der Waals surface area contributed by atoms with Crippen molar-refractivity contribution < 1.29 is 14.1 Å². The molecule has 2 amide bonds. The zero-order valence-corrected chi connectivity index (χ0v) is 13.5. The van der Waals surface area contributed by atoms with Crippen LogP contribution in [0.25, 0.3) is 0 Å². The molecule has 0 spiro atoms. The summed E-state index contributed by atoms with van der Waals surface area (Å²) in [5.41, 5.74) is 1.63. The molecule has 0 aromatic carbocycles. The maximum absolute atomic E-state index is 12.6. The molecule has 1 saturated heterocycles. The molecular formula is C16H23N3O3. The average molecular weight is 305 g/mol. The fraction of sp³-hybridized carbons (Fsp3) is 0.562. The highest BCUT2D eigenvalue weighted by Gasteiger charge is 2.31. The van der Waals surface area contributed by atoms with Crippen molar-refractivity contribution in [3.05, 3.63) is 29.7 Å². The van der Waals surface area contributed by atoms with E-state index >= 15 is 0 Å². The number of carbonyl (C=O) groups is 2. The number of aromatic nitrogens is 1. The van der Waals surface area contributed by atoms with Gasteiger partial charge in [-0.15, -0.1) is 0 Å². The number of hydrogen-bond donors (Lipinski definition) is 0. The highest BCUT2D eigenvalue weighted by molar-refractivity contribution is 5.87. The number of carbonyl (C=O) groups excluding carboxylic acids is 2. The molecule has 0 aliphatic carbocycles. The van der Waals surface area contributed by atoms with Crippen LogP contribution in [-0.4, -0.2) is 52.4 Å². The molecule has 120 valence electrons. The van der Waals surface area contributed by atoms with E-state index in [0.717, 1.165) is 17.7 Å². The number of nitrogens with zero attached hydrogens (tertiary/aromatic N) is 3. The summed E-state index contributed by atoms with van der Waals surface area (Å²) in [6, 6.07) is 0.0469. The van der Waals surface area contributed by atoms with Crippen molar-refractivity contribution in [2.45, 2.75) is 39.7 Å². The van der Waals surface area contributed by atoms with E-state index in [-0.39, 0.29) is 17.9 Å². The summed E-state index contributed by atoms with van der Waals surface area (Å²) in [4.78, 5) is 28.0. The quantitative estimate of drug-likeness (QED) is 0.790. The van der Waals surface area contributed by atoms with Crippen LogP contribution in [0.3, 0.4) is 0 Å². The highest BCUT2D eigenvalue weighted by atomic mass is 16.5. The number of rotatable bonds is 4. The fourth-order valence-corrected chi connectivity index (χ4v) is 2.87. The second-order valence-corrected chi connectivity index (χ2v) is 5.62. The summed E-state index contributed by atoms with van der Waals surface area (Å²) in [6.07, 6.45) is 2.44. The molecular weight excluding hydrogens is 282 g/mol. The van der Waals surface area contributed by atoms with Gasteiger partial charge >= 0.3 is 0 Å². The van der Waals surface area contributed by atoms with E-state index in [0.29, 0.717) is 31.8 Å². The zero-order valence-electron chi connectivity index (χ0n) is 13.5. The van der Waals surface area contributed by atoms with Crippen LogP contribution < -0.4 is 0 Å². The summed E-state index contributed by atoms with van der Waals surface area (Å²) in [6.45, 7) is 10.9. The van der Waals surface area contributed by atoms with Gasteiger partial charge in [0.15, 0.2) is 0 Å². The Morgan fingerprint density at radius 1 is 1.41 bits per heavy atom. The normalized spacial score (nSPS) is 18.4. The third-order valence-corrected chi connectivity index (χ3v) is 4.27. The van der Waals surface area contributed by atoms with E-state index < -0.39 is 0 Å². The van der Waals surface area contributed by atoms with Crippen LogP contribution >= 0.6 is 0 Å². The van der Waals surface area contributed by atoms with Gasteiger partial charge in [0.2, 0.25) is 11.8 Å². The Hall–Kier alpha value is -2.11. The van der Waals surface area contributed by atoms with Crippen LogP contribution in [0.4, 0.5) is 0 Å². The lowest BCUT2D eigenvalue weighted by Gasteiger charge is -2.41. The van der Waals surface area contributed by atoms with Crippen molar-refractivity contribution >= 4 is 11.8 Å². The highest BCUT2D eigenvalue weighted by Crippen LogP contribution is 2.18. The molecule has 0 N–H and O–H groups in total. The van der Waals surface area contributed by atoms with Crippen LogP contribution in [0.5, 0.6) is 0 Å². The predicted octanol–water partition coefficient (Wildman–Crippen LogP) is 1.47. The molecule has 1 fully saturated rings. The van der Waals surface area contributed by atoms with Crippen molar-refractivity contribution in [2.75, 3.05) is 19.6 Å². The van der Waals surface area contributed by atoms with Gasteiger partial charge in [0.05, 0.1) is 12.1 Å². The van der Waals surface area contributed by atoms with Gasteiger partial charge in [-0.05, 0) is 26.3 Å². The minimum absolute atomic E-state index is 0.0469. The third kappa shape index (κ3) is 3.21. The average Bonchev–Trinajstić information content (AvgIpc) is 2.85. The zero-order chi connectivity index (χ0) is 16.3. The summed E-state index contributed by atoms with van der Waals surface area (Å²) in [5, 5.41) is 3.89. The number of piperazine rings is 1. The van der Waals surface area contributed by atoms with Crippen molar-refractivity contribution in [2.24, 2.45) is 0 Å². The Balaban J connectivity index is 2.07. The molecule has 0 bridgehead atoms. The monoisotopic (exact) mass is 305 g/mol. The summed E-state index contributed by atoms with van der Waals surface area (Å²) in [7, 11) is 0. The molecule has 6 heteroatoms. The van der Waals surface area contributed by atoms with Crippen LogP contribution in [0.1, 0.15) is 30.4 Å². The number of amides is 2. The van der Waals surface area contributed by atoms with Gasteiger partial charge in [0.25, 0.3) is 0 Å². The second kappa shape index (κ2) is 6.77.